The molecule has 0 bridgehead atoms. The molecule has 0 spiro atoms. The number of amides is 1. The Labute approximate surface area is 221 Å². The monoisotopic (exact) mass is 551 g/mol. The predicted molar refractivity (Wildman–Crippen MR) is 133 cm³/mol. The standard InChI is InChI=1S/C22H45N7O9/c23-4-3-12(30)20(34)29-11-5-10(27)18(37-21-9(26)2-1-8(6-24)35-21)17(33)19(11)38-22-16(32)14(28)15(31)13(7-25)36-22/h8-19,21-22,30-33H,1-7,23-28H2,(H,29,34)/t8?,9?,10-,11+,12-,13?,14-,15-,16?,17?,18?,19+,21-,22-/m0/s1. The molecule has 2 heterocycles. The van der Waals surface area contributed by atoms with Gasteiger partial charge in [0, 0.05) is 19.1 Å². The molecular formula is C22H45N7O9. The van der Waals surface area contributed by atoms with E-state index in [2.05, 4.69) is 5.32 Å². The molecule has 0 radical (unpaired) electrons. The molecule has 6 unspecified atom stereocenters. The average molecular weight is 552 g/mol. The SMILES string of the molecule is NCC[C@H](O)C(=O)N[C@@H]1C[C@H](N)C(O[C@@H]2OC(CN)CCC2N)C(O)[C@@H]1O[C@@H]1OC(CN)[C@H](O)[C@H](N)C1O. The molecule has 0 aromatic rings. The molecule has 1 aliphatic carbocycles. The van der Waals surface area contributed by atoms with Gasteiger partial charge in [-0.05, 0) is 32.2 Å². The lowest BCUT2D eigenvalue weighted by molar-refractivity contribution is -0.310. The first-order valence-corrected chi connectivity index (χ1v) is 13.0. The molecule has 17 N–H and O–H groups in total. The molecule has 3 rings (SSSR count). The fraction of sp³-hybridized carbons (Fsp3) is 0.955. The lowest BCUT2D eigenvalue weighted by Crippen LogP contribution is -2.69. The normalized spacial score (nSPS) is 44.9. The Morgan fingerprint density at radius 3 is 2.21 bits per heavy atom. The van der Waals surface area contributed by atoms with Gasteiger partial charge >= 0.3 is 0 Å². The second kappa shape index (κ2) is 14.0. The zero-order chi connectivity index (χ0) is 28.1. The summed E-state index contributed by atoms with van der Waals surface area (Å²) in [5.74, 6) is -0.742. The minimum absolute atomic E-state index is 0.0129. The highest BCUT2D eigenvalue weighted by atomic mass is 16.7. The highest BCUT2D eigenvalue weighted by molar-refractivity contribution is 5.80. The van der Waals surface area contributed by atoms with Crippen LogP contribution in [0.15, 0.2) is 0 Å². The van der Waals surface area contributed by atoms with Crippen molar-refractivity contribution in [2.75, 3.05) is 19.6 Å². The summed E-state index contributed by atoms with van der Waals surface area (Å²) in [5, 5.41) is 45.0. The number of aliphatic hydroxyl groups is 4. The minimum atomic E-state index is -1.49. The van der Waals surface area contributed by atoms with Gasteiger partial charge in [-0.25, -0.2) is 0 Å². The Morgan fingerprint density at radius 1 is 0.895 bits per heavy atom. The van der Waals surface area contributed by atoms with Crippen LogP contribution < -0.4 is 39.7 Å². The van der Waals surface area contributed by atoms with E-state index in [-0.39, 0.29) is 38.6 Å². The first-order chi connectivity index (χ1) is 18.0. The van der Waals surface area contributed by atoms with E-state index in [0.29, 0.717) is 12.8 Å². The Balaban J connectivity index is 1.82. The maximum absolute atomic E-state index is 12.6. The van der Waals surface area contributed by atoms with E-state index in [1.165, 1.54) is 0 Å². The van der Waals surface area contributed by atoms with Crippen LogP contribution in [-0.4, -0.2) is 132 Å². The van der Waals surface area contributed by atoms with Crippen LogP contribution in [0.5, 0.6) is 0 Å². The zero-order valence-corrected chi connectivity index (χ0v) is 21.3. The van der Waals surface area contributed by atoms with Crippen molar-refractivity contribution < 1.29 is 44.2 Å². The summed E-state index contributed by atoms with van der Waals surface area (Å²) in [4.78, 5) is 12.6. The van der Waals surface area contributed by atoms with E-state index in [0.717, 1.165) is 0 Å². The highest BCUT2D eigenvalue weighted by Crippen LogP contribution is 2.31. The number of rotatable bonds is 10. The molecule has 14 atom stereocenters. The van der Waals surface area contributed by atoms with Crippen LogP contribution >= 0.6 is 0 Å². The molecule has 3 fully saturated rings. The van der Waals surface area contributed by atoms with Gasteiger partial charge in [0.2, 0.25) is 5.91 Å². The van der Waals surface area contributed by atoms with Crippen molar-refractivity contribution in [2.24, 2.45) is 34.4 Å². The Kier molecular flexibility index (Phi) is 11.6. The molecule has 38 heavy (non-hydrogen) atoms. The number of carbonyl (C=O) groups is 1. The van der Waals surface area contributed by atoms with E-state index >= 15 is 0 Å². The van der Waals surface area contributed by atoms with Gasteiger partial charge in [0.1, 0.15) is 36.6 Å². The Morgan fingerprint density at radius 2 is 1.58 bits per heavy atom. The third-order valence-corrected chi connectivity index (χ3v) is 7.42. The van der Waals surface area contributed by atoms with Gasteiger partial charge in [-0.2, -0.15) is 0 Å². The van der Waals surface area contributed by atoms with Crippen molar-refractivity contribution in [3.05, 3.63) is 0 Å². The van der Waals surface area contributed by atoms with Crippen molar-refractivity contribution in [2.45, 2.75) is 111 Å². The number of aliphatic hydroxyl groups excluding tert-OH is 4. The summed E-state index contributed by atoms with van der Waals surface area (Å²) in [7, 11) is 0. The van der Waals surface area contributed by atoms with Crippen molar-refractivity contribution in [3.63, 3.8) is 0 Å². The predicted octanol–water partition coefficient (Wildman–Crippen LogP) is -6.43. The summed E-state index contributed by atoms with van der Waals surface area (Å²) in [6.45, 7) is 0.226. The first-order valence-electron chi connectivity index (χ1n) is 13.0. The van der Waals surface area contributed by atoms with Crippen LogP contribution in [0.3, 0.4) is 0 Å². The molecular weight excluding hydrogens is 506 g/mol. The fourth-order valence-corrected chi connectivity index (χ4v) is 5.07. The topological polar surface area (TPSA) is 303 Å². The van der Waals surface area contributed by atoms with E-state index in [1.54, 1.807) is 0 Å². The van der Waals surface area contributed by atoms with Crippen molar-refractivity contribution in [3.8, 4) is 0 Å². The van der Waals surface area contributed by atoms with E-state index < -0.39 is 85.4 Å². The molecule has 1 amide bonds. The molecule has 1 saturated carbocycles. The zero-order valence-electron chi connectivity index (χ0n) is 21.3. The molecule has 3 aliphatic rings. The van der Waals surface area contributed by atoms with E-state index in [1.807, 2.05) is 0 Å². The van der Waals surface area contributed by atoms with Crippen LogP contribution in [0.1, 0.15) is 25.7 Å². The molecule has 2 aliphatic heterocycles. The van der Waals surface area contributed by atoms with Crippen LogP contribution in [-0.2, 0) is 23.7 Å². The molecule has 2 saturated heterocycles. The highest BCUT2D eigenvalue weighted by Gasteiger charge is 2.51. The summed E-state index contributed by atoms with van der Waals surface area (Å²) in [6.07, 6.45) is -10.1. The van der Waals surface area contributed by atoms with E-state index in [9.17, 15) is 25.2 Å². The second-order valence-electron chi connectivity index (χ2n) is 10.2. The van der Waals surface area contributed by atoms with Gasteiger partial charge in [-0.3, -0.25) is 4.79 Å². The second-order valence-corrected chi connectivity index (χ2v) is 10.2. The van der Waals surface area contributed by atoms with E-state index in [4.69, 9.17) is 53.3 Å². The van der Waals surface area contributed by atoms with Gasteiger partial charge in [-0.1, -0.05) is 0 Å². The molecule has 16 nitrogen and oxygen atoms in total. The quantitative estimate of drug-likeness (QED) is 0.120. The van der Waals surface area contributed by atoms with Gasteiger partial charge in [0.05, 0.1) is 30.3 Å². The molecule has 0 aromatic heterocycles. The molecule has 0 aromatic carbocycles. The van der Waals surface area contributed by atoms with Crippen LogP contribution in [0, 0.1) is 0 Å². The summed E-state index contributed by atoms with van der Waals surface area (Å²) >= 11 is 0. The first kappa shape index (κ1) is 31.4. The third-order valence-electron chi connectivity index (χ3n) is 7.42. The van der Waals surface area contributed by atoms with Gasteiger partial charge in [-0.15, -0.1) is 0 Å². The Bertz CT molecular complexity index is 756. The Hall–Kier alpha value is -1.09. The number of hydrogen-bond acceptors (Lipinski definition) is 15. The van der Waals surface area contributed by atoms with Crippen molar-refractivity contribution >= 4 is 5.91 Å². The summed E-state index contributed by atoms with van der Waals surface area (Å²) in [5.41, 5.74) is 35.3. The third kappa shape index (κ3) is 7.15. The number of ether oxygens (including phenoxy) is 4. The van der Waals surface area contributed by atoms with Gasteiger partial charge in [0.15, 0.2) is 12.6 Å². The van der Waals surface area contributed by atoms with Gasteiger partial charge in [0.25, 0.3) is 0 Å². The van der Waals surface area contributed by atoms with Crippen molar-refractivity contribution in [1.29, 1.82) is 0 Å². The maximum atomic E-state index is 12.6. The lowest BCUT2D eigenvalue weighted by Gasteiger charge is -2.48. The summed E-state index contributed by atoms with van der Waals surface area (Å²) < 4.78 is 23.5. The fourth-order valence-electron chi connectivity index (χ4n) is 5.07. The van der Waals surface area contributed by atoms with Crippen molar-refractivity contribution in [1.82, 2.24) is 5.32 Å². The number of nitrogens with one attached hydrogen (secondary N) is 1. The number of hydrogen-bond donors (Lipinski definition) is 11. The number of nitrogens with two attached hydrogens (primary N) is 6. The lowest BCUT2D eigenvalue weighted by atomic mass is 9.83. The number of carbonyl (C=O) groups excluding carboxylic acids is 1. The molecule has 16 heteroatoms. The smallest absolute Gasteiger partial charge is 0.249 e. The van der Waals surface area contributed by atoms with Crippen LogP contribution in [0.2, 0.25) is 0 Å². The van der Waals surface area contributed by atoms with Crippen LogP contribution in [0.4, 0.5) is 0 Å². The van der Waals surface area contributed by atoms with Crippen LogP contribution in [0.25, 0.3) is 0 Å². The average Bonchev–Trinajstić information content (AvgIpc) is 2.89. The maximum Gasteiger partial charge on any atom is 0.249 e. The minimum Gasteiger partial charge on any atom is -0.389 e. The summed E-state index contributed by atoms with van der Waals surface area (Å²) in [6, 6.07) is -3.39. The van der Waals surface area contributed by atoms with Gasteiger partial charge < -0.3 is 79.1 Å². The largest absolute Gasteiger partial charge is 0.389 e. The molecule has 222 valence electrons.